The number of fused-ring (bicyclic) bond motifs is 7. The number of oxazole rings is 1. The van der Waals surface area contributed by atoms with Gasteiger partial charge in [-0.3, -0.25) is 0 Å². The molecule has 0 amide bonds. The number of rotatable bonds is 6. The van der Waals surface area contributed by atoms with E-state index in [4.69, 9.17) is 14.4 Å². The second-order valence-corrected chi connectivity index (χ2v) is 16.5. The normalized spacial score (nSPS) is 11.8. The zero-order chi connectivity index (χ0) is 43.2. The first kappa shape index (κ1) is 37.1. The zero-order valence-electron chi connectivity index (χ0n) is 33.3. The average Bonchev–Trinajstić information content (AvgIpc) is 4.04. The molecule has 12 rings (SSSR count). The SMILES string of the molecule is Oc1c(O)c(O)c(-c2nc(-c3ccc4oc(-c5ccccc5)nc4c3)nc(-c3ccc4c(c3)sc3ccc(-n5c6ccccc6c6cc(-c7ccccc7)ccc65)cc34)n2)c(O)c1O. The van der Waals surface area contributed by atoms with Crippen LogP contribution in [0.1, 0.15) is 0 Å². The minimum absolute atomic E-state index is 0.139. The average molecular weight is 854 g/mol. The number of thiophene rings is 1. The lowest BCUT2D eigenvalue weighted by Crippen LogP contribution is -2.01. The van der Waals surface area contributed by atoms with E-state index >= 15 is 0 Å². The predicted molar refractivity (Wildman–Crippen MR) is 250 cm³/mol. The Hall–Kier alpha value is -8.74. The van der Waals surface area contributed by atoms with Gasteiger partial charge in [0, 0.05) is 53.3 Å². The van der Waals surface area contributed by atoms with E-state index in [0.29, 0.717) is 28.1 Å². The minimum atomic E-state index is -1.09. The number of aromatic hydroxyl groups is 5. The quantitative estimate of drug-likeness (QED) is 0.0801. The number of hydrogen-bond donors (Lipinski definition) is 5. The monoisotopic (exact) mass is 853 g/mol. The maximum atomic E-state index is 11.0. The Bertz CT molecular complexity index is 3830. The molecule has 0 aliphatic carbocycles. The molecule has 12 heteroatoms. The van der Waals surface area contributed by atoms with Crippen molar-refractivity contribution in [2.24, 2.45) is 0 Å². The van der Waals surface area contributed by atoms with E-state index < -0.39 is 34.3 Å². The molecule has 0 aliphatic rings. The fourth-order valence-corrected chi connectivity index (χ4v) is 9.64. The second-order valence-electron chi connectivity index (χ2n) is 15.4. The number of phenolic OH excluding ortho intramolecular Hbond substituents is 5. The molecule has 11 nitrogen and oxygen atoms in total. The van der Waals surface area contributed by atoms with Crippen molar-refractivity contribution >= 4 is 64.4 Å². The Labute approximate surface area is 366 Å². The number of hydrogen-bond acceptors (Lipinski definition) is 11. The van der Waals surface area contributed by atoms with E-state index in [1.807, 2.05) is 54.6 Å². The molecule has 4 heterocycles. The summed E-state index contributed by atoms with van der Waals surface area (Å²) in [5, 5.41) is 57.6. The van der Waals surface area contributed by atoms with Gasteiger partial charge in [0.15, 0.2) is 34.6 Å². The van der Waals surface area contributed by atoms with E-state index in [0.717, 1.165) is 53.6 Å². The molecule has 8 aromatic carbocycles. The molecule has 0 unspecified atom stereocenters. The molecule has 306 valence electrons. The third-order valence-electron chi connectivity index (χ3n) is 11.6. The molecule has 5 N–H and O–H groups in total. The van der Waals surface area contributed by atoms with Crippen molar-refractivity contribution < 1.29 is 29.9 Å². The summed E-state index contributed by atoms with van der Waals surface area (Å²) in [6.07, 6.45) is 0. The van der Waals surface area contributed by atoms with E-state index in [-0.39, 0.29) is 17.5 Å². The lowest BCUT2D eigenvalue weighted by atomic mass is 10.0. The summed E-state index contributed by atoms with van der Waals surface area (Å²) >= 11 is 1.62. The topological polar surface area (TPSA) is 171 Å². The van der Waals surface area contributed by atoms with Crippen LogP contribution in [-0.4, -0.2) is 50.0 Å². The van der Waals surface area contributed by atoms with E-state index in [9.17, 15) is 25.5 Å². The number of aromatic nitrogens is 5. The fraction of sp³-hybridized carbons (Fsp3) is 0. The van der Waals surface area contributed by atoms with Gasteiger partial charge in [-0.2, -0.15) is 0 Å². The molecular weight excluding hydrogens is 823 g/mol. The summed E-state index contributed by atoms with van der Waals surface area (Å²) in [5.74, 6) is -4.55. The number of para-hydroxylation sites is 1. The standard InChI is InChI=1S/C52H31N5O6S/c58-44-43(45(59)47(61)48(62)46(44)60)51-55-49(30-17-21-40-37(24-30)53-52(63-40)28-11-5-2-6-12-28)54-50(56-51)31-15-19-34-36-26-32(18-22-41(36)64-42(34)25-31)57-38-14-8-7-13-33(38)35-23-29(16-20-39(35)57)27-9-3-1-4-10-27/h1-26,58-62H. The Morgan fingerprint density at radius 3 is 1.80 bits per heavy atom. The van der Waals surface area contributed by atoms with Crippen molar-refractivity contribution in [3.8, 4) is 91.2 Å². The van der Waals surface area contributed by atoms with Crippen LogP contribution in [0.2, 0.25) is 0 Å². The van der Waals surface area contributed by atoms with E-state index in [1.54, 1.807) is 29.5 Å². The van der Waals surface area contributed by atoms with Gasteiger partial charge in [-0.15, -0.1) is 11.3 Å². The third-order valence-corrected chi connectivity index (χ3v) is 12.8. The van der Waals surface area contributed by atoms with Crippen LogP contribution >= 0.6 is 11.3 Å². The third kappa shape index (κ3) is 5.81. The number of phenols is 5. The lowest BCUT2D eigenvalue weighted by Gasteiger charge is -2.13. The van der Waals surface area contributed by atoms with Crippen molar-refractivity contribution in [1.82, 2.24) is 24.5 Å². The van der Waals surface area contributed by atoms with Crippen molar-refractivity contribution in [3.63, 3.8) is 0 Å². The van der Waals surface area contributed by atoms with Gasteiger partial charge < -0.3 is 34.5 Å². The largest absolute Gasteiger partial charge is 0.504 e. The van der Waals surface area contributed by atoms with Crippen LogP contribution in [0.15, 0.2) is 162 Å². The molecule has 0 spiro atoms. The molecule has 0 saturated heterocycles. The van der Waals surface area contributed by atoms with Gasteiger partial charge in [-0.25, -0.2) is 19.9 Å². The summed E-state index contributed by atoms with van der Waals surface area (Å²) in [4.78, 5) is 18.8. The molecule has 0 saturated carbocycles. The van der Waals surface area contributed by atoms with Crippen LogP contribution in [0.3, 0.4) is 0 Å². The highest BCUT2D eigenvalue weighted by Crippen LogP contribution is 2.54. The van der Waals surface area contributed by atoms with Crippen LogP contribution in [-0.2, 0) is 0 Å². The minimum Gasteiger partial charge on any atom is -0.504 e. The maximum Gasteiger partial charge on any atom is 0.227 e. The van der Waals surface area contributed by atoms with Crippen LogP contribution < -0.4 is 0 Å². The summed E-state index contributed by atoms with van der Waals surface area (Å²) < 4.78 is 10.4. The first-order chi connectivity index (χ1) is 31.3. The molecule has 0 aliphatic heterocycles. The smallest absolute Gasteiger partial charge is 0.227 e. The molecule has 12 aromatic rings. The molecule has 0 bridgehead atoms. The van der Waals surface area contributed by atoms with Gasteiger partial charge in [0.25, 0.3) is 0 Å². The van der Waals surface area contributed by atoms with Crippen LogP contribution in [0, 0.1) is 0 Å². The van der Waals surface area contributed by atoms with Crippen molar-refractivity contribution in [2.75, 3.05) is 0 Å². The predicted octanol–water partition coefficient (Wildman–Crippen LogP) is 12.3. The van der Waals surface area contributed by atoms with Crippen LogP contribution in [0.4, 0.5) is 0 Å². The molecular formula is C52H31N5O6S. The summed E-state index contributed by atoms with van der Waals surface area (Å²) in [5.41, 5.74) is 8.05. The Morgan fingerprint density at radius 2 is 1.03 bits per heavy atom. The van der Waals surface area contributed by atoms with E-state index in [2.05, 4.69) is 99.5 Å². The van der Waals surface area contributed by atoms with Crippen molar-refractivity contribution in [2.45, 2.75) is 0 Å². The molecule has 0 atom stereocenters. The maximum absolute atomic E-state index is 11.0. The number of benzene rings is 8. The highest BCUT2D eigenvalue weighted by atomic mass is 32.1. The van der Waals surface area contributed by atoms with Gasteiger partial charge in [0.2, 0.25) is 23.1 Å². The van der Waals surface area contributed by atoms with Crippen molar-refractivity contribution in [3.05, 3.63) is 158 Å². The molecule has 4 aromatic heterocycles. The van der Waals surface area contributed by atoms with E-state index in [1.165, 1.54) is 10.8 Å². The molecule has 0 fully saturated rings. The fourth-order valence-electron chi connectivity index (χ4n) is 8.52. The van der Waals surface area contributed by atoms with Gasteiger partial charge >= 0.3 is 0 Å². The van der Waals surface area contributed by atoms with Gasteiger partial charge in [0.1, 0.15) is 11.1 Å². The summed E-state index contributed by atoms with van der Waals surface area (Å²) in [7, 11) is 0. The first-order valence-corrected chi connectivity index (χ1v) is 21.1. The zero-order valence-corrected chi connectivity index (χ0v) is 34.1. The van der Waals surface area contributed by atoms with Gasteiger partial charge in [0.05, 0.1) is 11.0 Å². The second kappa shape index (κ2) is 14.2. The van der Waals surface area contributed by atoms with Gasteiger partial charge in [-0.1, -0.05) is 84.9 Å². The Morgan fingerprint density at radius 1 is 0.406 bits per heavy atom. The summed E-state index contributed by atoms with van der Waals surface area (Å²) in [6.45, 7) is 0. The number of nitrogens with zero attached hydrogens (tertiary/aromatic N) is 5. The molecule has 64 heavy (non-hydrogen) atoms. The lowest BCUT2D eigenvalue weighted by molar-refractivity contribution is 0.329. The highest BCUT2D eigenvalue weighted by molar-refractivity contribution is 7.25. The first-order valence-electron chi connectivity index (χ1n) is 20.2. The van der Waals surface area contributed by atoms with Gasteiger partial charge in [-0.05, 0) is 83.9 Å². The van der Waals surface area contributed by atoms with Crippen molar-refractivity contribution in [1.29, 1.82) is 0 Å². The molecule has 0 radical (unpaired) electrons. The summed E-state index contributed by atoms with van der Waals surface area (Å²) in [6, 6.07) is 52.7. The van der Waals surface area contributed by atoms with Crippen LogP contribution in [0.5, 0.6) is 28.7 Å². The Kier molecular flexibility index (Phi) is 8.20. The highest BCUT2D eigenvalue weighted by Gasteiger charge is 2.28. The van der Waals surface area contributed by atoms with Crippen LogP contribution in [0.25, 0.3) is 116 Å². The Balaban J connectivity index is 0.993.